The smallest absolute Gasteiger partial charge is 0.328 e. The zero-order chi connectivity index (χ0) is 40.0. The Morgan fingerprint density at radius 2 is 1.16 bits per heavy atom. The van der Waals surface area contributed by atoms with Gasteiger partial charge in [0.15, 0.2) is 5.78 Å². The van der Waals surface area contributed by atoms with Crippen LogP contribution in [-0.2, 0) is 26.5 Å². The van der Waals surface area contributed by atoms with Gasteiger partial charge in [-0.3, -0.25) is 9.59 Å². The molecule has 0 bridgehead atoms. The van der Waals surface area contributed by atoms with Crippen LogP contribution in [0.4, 0.5) is 9.59 Å². The minimum Gasteiger partial charge on any atom is -0.496 e. The lowest BCUT2D eigenvalue weighted by Gasteiger charge is -2.22. The monoisotopic (exact) mass is 817 g/mol. The van der Waals surface area contributed by atoms with Gasteiger partial charge >= 0.3 is 12.1 Å². The zero-order valence-corrected chi connectivity index (χ0v) is 33.2. The summed E-state index contributed by atoms with van der Waals surface area (Å²) in [5.74, 6) is -0.0415. The molecule has 298 valence electrons. The summed E-state index contributed by atoms with van der Waals surface area (Å²) in [6, 6.07) is 15.1. The van der Waals surface area contributed by atoms with Gasteiger partial charge in [-0.2, -0.15) is 0 Å². The van der Waals surface area contributed by atoms with Crippen LogP contribution in [0.1, 0.15) is 97.4 Å². The van der Waals surface area contributed by atoms with E-state index in [4.69, 9.17) is 16.3 Å². The molecular formula is C38H48ClN5O9S2. The van der Waals surface area contributed by atoms with E-state index in [0.29, 0.717) is 34.9 Å². The number of carbonyl (C=O) groups is 4. The third-order valence-electron chi connectivity index (χ3n) is 9.25. The molecule has 5 amide bonds. The van der Waals surface area contributed by atoms with Crippen LogP contribution >= 0.6 is 11.6 Å². The van der Waals surface area contributed by atoms with E-state index in [2.05, 4.69) is 20.7 Å². The molecule has 0 aromatic heterocycles. The van der Waals surface area contributed by atoms with Crippen molar-refractivity contribution in [3.05, 3.63) is 88.4 Å². The Morgan fingerprint density at radius 1 is 0.691 bits per heavy atom. The fraction of sp³-hybridized carbons (Fsp3) is 0.421. The van der Waals surface area contributed by atoms with Gasteiger partial charge in [-0.25, -0.2) is 35.9 Å². The lowest BCUT2D eigenvalue weighted by molar-refractivity contribution is 0.0950. The lowest BCUT2D eigenvalue weighted by Crippen LogP contribution is -2.45. The van der Waals surface area contributed by atoms with Crippen molar-refractivity contribution in [2.45, 2.75) is 99.4 Å². The van der Waals surface area contributed by atoms with Gasteiger partial charge in [-0.05, 0) is 87.1 Å². The van der Waals surface area contributed by atoms with Crippen molar-refractivity contribution in [3.8, 4) is 5.75 Å². The molecule has 2 aliphatic rings. The molecule has 0 unspecified atom stereocenters. The summed E-state index contributed by atoms with van der Waals surface area (Å²) in [6.07, 6.45) is 10.4. The number of sulfonamides is 2. The number of carbonyl (C=O) groups excluding carboxylic acids is 4. The molecule has 0 saturated heterocycles. The number of methoxy groups -OCH3 is 1. The summed E-state index contributed by atoms with van der Waals surface area (Å²) in [5.41, 5.74) is 1.59. The Bertz CT molecular complexity index is 2020. The normalized spacial score (nSPS) is 15.0. The molecule has 2 fully saturated rings. The summed E-state index contributed by atoms with van der Waals surface area (Å²) in [7, 11) is -6.42. The first kappa shape index (κ1) is 43.1. The number of Topliss-reactive ketones (excluding diaryl/α,β-unsaturated/α-hetero) is 1. The van der Waals surface area contributed by atoms with Crippen LogP contribution in [0.3, 0.4) is 0 Å². The Morgan fingerprint density at radius 3 is 1.62 bits per heavy atom. The third-order valence-corrected chi connectivity index (χ3v) is 12.2. The van der Waals surface area contributed by atoms with Gasteiger partial charge in [0.1, 0.15) is 5.75 Å². The largest absolute Gasteiger partial charge is 0.496 e. The molecule has 55 heavy (non-hydrogen) atoms. The zero-order valence-electron chi connectivity index (χ0n) is 30.9. The SMILES string of the molecule is CC(=O)c1ccc(S(=O)(=O)NC(=O)NC2CCCCC2)cc1.COc1ccc(Cl)cc1C(=O)NCCc1ccc(S(=O)(=O)NC(=O)NC2CCCCC2)cc1. The molecule has 2 saturated carbocycles. The number of ketones is 1. The highest BCUT2D eigenvalue weighted by atomic mass is 35.5. The Hall–Kier alpha value is -4.67. The summed E-state index contributed by atoms with van der Waals surface area (Å²) in [6.45, 7) is 1.74. The summed E-state index contributed by atoms with van der Waals surface area (Å²) in [5, 5.41) is 8.65. The predicted molar refractivity (Wildman–Crippen MR) is 208 cm³/mol. The molecule has 0 atom stereocenters. The van der Waals surface area contributed by atoms with Crippen molar-refractivity contribution in [2.24, 2.45) is 0 Å². The number of nitrogens with one attached hydrogen (secondary N) is 5. The summed E-state index contributed by atoms with van der Waals surface area (Å²) >= 11 is 5.96. The Labute approximate surface area is 327 Å². The molecule has 3 aromatic carbocycles. The van der Waals surface area contributed by atoms with Crippen LogP contribution < -0.4 is 30.1 Å². The van der Waals surface area contributed by atoms with Crippen LogP contribution in [0.5, 0.6) is 5.75 Å². The molecule has 0 aliphatic heterocycles. The average Bonchev–Trinajstić information content (AvgIpc) is 3.15. The number of hydrogen-bond acceptors (Lipinski definition) is 9. The second kappa shape index (κ2) is 20.3. The van der Waals surface area contributed by atoms with Crippen LogP contribution in [0.25, 0.3) is 0 Å². The highest BCUT2D eigenvalue weighted by molar-refractivity contribution is 7.90. The molecule has 0 heterocycles. The van der Waals surface area contributed by atoms with Gasteiger partial charge in [0.2, 0.25) is 0 Å². The quantitative estimate of drug-likeness (QED) is 0.139. The van der Waals surface area contributed by atoms with Gasteiger partial charge < -0.3 is 20.7 Å². The second-order valence-electron chi connectivity index (χ2n) is 13.4. The average molecular weight is 818 g/mol. The van der Waals surface area contributed by atoms with E-state index < -0.39 is 32.1 Å². The molecule has 17 heteroatoms. The van der Waals surface area contributed by atoms with E-state index in [0.717, 1.165) is 69.8 Å². The van der Waals surface area contributed by atoms with E-state index in [1.807, 2.05) is 4.72 Å². The first-order valence-corrected chi connectivity index (χ1v) is 21.5. The summed E-state index contributed by atoms with van der Waals surface area (Å²) < 4.78 is 58.5. The molecule has 0 radical (unpaired) electrons. The number of halogens is 1. The first-order valence-electron chi connectivity index (χ1n) is 18.1. The number of benzene rings is 3. The standard InChI is InChI=1S/C23H28ClN3O5S.C15H20N2O4S/c1-32-21-12-9-17(24)15-20(21)22(28)25-14-13-16-7-10-19(11-8-16)33(30,31)27-23(29)26-18-5-3-2-4-6-18;1-11(18)12-7-9-14(10-8-12)22(20,21)17-15(19)16-13-5-3-2-4-6-13/h7-12,15,18H,2-6,13-14H2,1H3,(H,25,28)(H2,26,27,29);7-10,13H,2-6H2,1H3,(H2,16,17,19). The van der Waals surface area contributed by atoms with Crippen LogP contribution in [0.2, 0.25) is 5.02 Å². The van der Waals surface area contributed by atoms with Crippen molar-refractivity contribution in [3.63, 3.8) is 0 Å². The third kappa shape index (κ3) is 13.5. The maximum Gasteiger partial charge on any atom is 0.328 e. The van der Waals surface area contributed by atoms with Gasteiger partial charge in [-0.15, -0.1) is 0 Å². The van der Waals surface area contributed by atoms with Gasteiger partial charge in [0.05, 0.1) is 22.5 Å². The minimum absolute atomic E-state index is 0.00209. The fourth-order valence-electron chi connectivity index (χ4n) is 6.26. The molecule has 5 rings (SSSR count). The number of rotatable bonds is 12. The molecule has 0 spiro atoms. The molecule has 2 aliphatic carbocycles. The number of amides is 5. The second-order valence-corrected chi connectivity index (χ2v) is 17.2. The molecular weight excluding hydrogens is 770 g/mol. The van der Waals surface area contributed by atoms with E-state index >= 15 is 0 Å². The van der Waals surface area contributed by atoms with Crippen LogP contribution in [-0.4, -0.2) is 66.3 Å². The fourth-order valence-corrected chi connectivity index (χ4v) is 8.27. The maximum atomic E-state index is 12.5. The number of hydrogen-bond donors (Lipinski definition) is 5. The maximum absolute atomic E-state index is 12.5. The van der Waals surface area contributed by atoms with Gasteiger partial charge in [-0.1, -0.05) is 74.4 Å². The van der Waals surface area contributed by atoms with Gasteiger partial charge in [0.25, 0.3) is 26.0 Å². The minimum atomic E-state index is -3.97. The Balaban J connectivity index is 0.000000265. The lowest BCUT2D eigenvalue weighted by atomic mass is 9.96. The van der Waals surface area contributed by atoms with E-state index in [9.17, 15) is 36.0 Å². The first-order chi connectivity index (χ1) is 26.2. The van der Waals surface area contributed by atoms with Gasteiger partial charge in [0, 0.05) is 29.2 Å². The predicted octanol–water partition coefficient (Wildman–Crippen LogP) is 5.85. The van der Waals surface area contributed by atoms with Crippen molar-refractivity contribution in [1.82, 2.24) is 25.4 Å². The van der Waals surface area contributed by atoms with E-state index in [-0.39, 0.29) is 33.6 Å². The van der Waals surface area contributed by atoms with Crippen molar-refractivity contribution >= 4 is 55.4 Å². The van der Waals surface area contributed by atoms with Crippen LogP contribution in [0.15, 0.2) is 76.5 Å². The Kier molecular flexibility index (Phi) is 15.9. The summed E-state index contributed by atoms with van der Waals surface area (Å²) in [4.78, 5) is 47.5. The highest BCUT2D eigenvalue weighted by Crippen LogP contribution is 2.23. The number of ether oxygens (including phenoxy) is 1. The van der Waals surface area contributed by atoms with Crippen LogP contribution in [0, 0.1) is 0 Å². The molecule has 3 aromatic rings. The van der Waals surface area contributed by atoms with Crippen molar-refractivity contribution < 1.29 is 40.8 Å². The van der Waals surface area contributed by atoms with Crippen molar-refractivity contribution in [1.29, 1.82) is 0 Å². The molecule has 14 nitrogen and oxygen atoms in total. The topological polar surface area (TPSA) is 206 Å². The highest BCUT2D eigenvalue weighted by Gasteiger charge is 2.23. The molecule has 5 N–H and O–H groups in total. The van der Waals surface area contributed by atoms with E-state index in [1.54, 1.807) is 24.3 Å². The van der Waals surface area contributed by atoms with Crippen molar-refractivity contribution in [2.75, 3.05) is 13.7 Å². The number of urea groups is 2. The van der Waals surface area contributed by atoms with E-state index in [1.165, 1.54) is 56.5 Å².